The number of hydrogen-bond donors (Lipinski definition) is 1. The number of rotatable bonds is 5. The fourth-order valence-corrected chi connectivity index (χ4v) is 1.61. The molecule has 18 heavy (non-hydrogen) atoms. The first kappa shape index (κ1) is 15.3. The molecule has 0 saturated heterocycles. The second-order valence-electron chi connectivity index (χ2n) is 4.53. The SMILES string of the molecule is CC(CCC=C(C(F)(F)F)C(F)(F)F)NC1CC1. The van der Waals surface area contributed by atoms with Crippen molar-refractivity contribution in [3.05, 3.63) is 11.6 Å². The number of alkyl halides is 6. The lowest BCUT2D eigenvalue weighted by Gasteiger charge is -2.16. The van der Waals surface area contributed by atoms with Gasteiger partial charge in [-0.15, -0.1) is 0 Å². The van der Waals surface area contributed by atoms with Crippen molar-refractivity contribution in [1.82, 2.24) is 5.32 Å². The van der Waals surface area contributed by atoms with E-state index in [0.717, 1.165) is 12.8 Å². The van der Waals surface area contributed by atoms with Crippen LogP contribution in [0.5, 0.6) is 0 Å². The average molecular weight is 275 g/mol. The van der Waals surface area contributed by atoms with Gasteiger partial charge in [-0.2, -0.15) is 26.3 Å². The van der Waals surface area contributed by atoms with Crippen LogP contribution in [0.3, 0.4) is 0 Å². The summed E-state index contributed by atoms with van der Waals surface area (Å²) in [6, 6.07) is 0.310. The fourth-order valence-electron chi connectivity index (χ4n) is 1.61. The van der Waals surface area contributed by atoms with Crippen molar-refractivity contribution < 1.29 is 26.3 Å². The Morgan fingerprint density at radius 2 is 1.67 bits per heavy atom. The average Bonchev–Trinajstić information content (AvgIpc) is 2.91. The largest absolute Gasteiger partial charge is 0.420 e. The van der Waals surface area contributed by atoms with Crippen LogP contribution in [0.4, 0.5) is 26.3 Å². The lowest BCUT2D eigenvalue weighted by Crippen LogP contribution is -2.28. The minimum Gasteiger partial charge on any atom is -0.311 e. The highest BCUT2D eigenvalue weighted by molar-refractivity contribution is 5.15. The third-order valence-corrected chi connectivity index (χ3v) is 2.66. The maximum Gasteiger partial charge on any atom is 0.420 e. The van der Waals surface area contributed by atoms with Crippen LogP contribution in [0.1, 0.15) is 32.6 Å². The van der Waals surface area contributed by atoms with Crippen molar-refractivity contribution in [2.45, 2.75) is 57.0 Å². The maximum atomic E-state index is 12.2. The molecule has 0 aromatic carbocycles. The smallest absolute Gasteiger partial charge is 0.311 e. The number of halogens is 6. The Labute approximate surface area is 101 Å². The van der Waals surface area contributed by atoms with Crippen LogP contribution in [-0.2, 0) is 0 Å². The molecule has 0 spiro atoms. The van der Waals surface area contributed by atoms with Gasteiger partial charge in [0.15, 0.2) is 0 Å². The van der Waals surface area contributed by atoms with E-state index in [9.17, 15) is 26.3 Å². The highest BCUT2D eigenvalue weighted by Crippen LogP contribution is 2.38. The topological polar surface area (TPSA) is 12.0 Å². The summed E-state index contributed by atoms with van der Waals surface area (Å²) in [6.07, 6.45) is -8.38. The van der Waals surface area contributed by atoms with Gasteiger partial charge in [0.05, 0.1) is 0 Å². The van der Waals surface area contributed by atoms with E-state index in [4.69, 9.17) is 0 Å². The van der Waals surface area contributed by atoms with Gasteiger partial charge in [0.2, 0.25) is 0 Å². The van der Waals surface area contributed by atoms with E-state index in [0.29, 0.717) is 6.04 Å². The van der Waals surface area contributed by atoms with Gasteiger partial charge in [-0.05, 0) is 32.6 Å². The normalized spacial score (nSPS) is 18.6. The Bertz CT molecular complexity index is 284. The van der Waals surface area contributed by atoms with E-state index in [2.05, 4.69) is 5.32 Å². The van der Waals surface area contributed by atoms with Gasteiger partial charge in [0.25, 0.3) is 0 Å². The summed E-state index contributed by atoms with van der Waals surface area (Å²) in [7, 11) is 0. The predicted molar refractivity (Wildman–Crippen MR) is 55.0 cm³/mol. The van der Waals surface area contributed by atoms with Gasteiger partial charge >= 0.3 is 12.4 Å². The van der Waals surface area contributed by atoms with Crippen LogP contribution in [-0.4, -0.2) is 24.4 Å². The van der Waals surface area contributed by atoms with E-state index in [-0.39, 0.29) is 25.0 Å². The molecule has 1 saturated carbocycles. The fraction of sp³-hybridized carbons (Fsp3) is 0.818. The van der Waals surface area contributed by atoms with Crippen LogP contribution < -0.4 is 5.32 Å². The van der Waals surface area contributed by atoms with Crippen molar-refractivity contribution in [2.24, 2.45) is 0 Å². The molecule has 1 N–H and O–H groups in total. The van der Waals surface area contributed by atoms with Crippen LogP contribution in [0.25, 0.3) is 0 Å². The molecule has 0 amide bonds. The number of allylic oxidation sites excluding steroid dienone is 2. The van der Waals surface area contributed by atoms with Crippen molar-refractivity contribution in [3.63, 3.8) is 0 Å². The molecule has 7 heteroatoms. The molecule has 0 radical (unpaired) electrons. The van der Waals surface area contributed by atoms with Crippen LogP contribution in [0, 0.1) is 0 Å². The van der Waals surface area contributed by atoms with Crippen LogP contribution in [0.15, 0.2) is 11.6 Å². The Morgan fingerprint density at radius 3 is 2.06 bits per heavy atom. The lowest BCUT2D eigenvalue weighted by atomic mass is 10.1. The molecule has 1 fully saturated rings. The highest BCUT2D eigenvalue weighted by Gasteiger charge is 2.50. The molecule has 0 heterocycles. The molecule has 0 aromatic rings. The monoisotopic (exact) mass is 275 g/mol. The van der Waals surface area contributed by atoms with Crippen molar-refractivity contribution in [3.8, 4) is 0 Å². The van der Waals surface area contributed by atoms with Gasteiger partial charge in [-0.3, -0.25) is 0 Å². The molecule has 0 bridgehead atoms. The molecule has 1 unspecified atom stereocenters. The first-order valence-corrected chi connectivity index (χ1v) is 5.71. The molecule has 106 valence electrons. The summed E-state index contributed by atoms with van der Waals surface area (Å²) >= 11 is 0. The first-order chi connectivity index (χ1) is 8.10. The quantitative estimate of drug-likeness (QED) is 0.591. The summed E-state index contributed by atoms with van der Waals surface area (Å²) in [4.78, 5) is 0. The standard InChI is InChI=1S/C11H15F6N/c1-7(18-8-5-6-8)3-2-4-9(10(12,13)14)11(15,16)17/h4,7-8,18H,2-3,5-6H2,1H3. The summed E-state index contributed by atoms with van der Waals surface area (Å²) in [5, 5.41) is 3.11. The van der Waals surface area contributed by atoms with Gasteiger partial charge in [-0.25, -0.2) is 0 Å². The summed E-state index contributed by atoms with van der Waals surface area (Å²) in [5.41, 5.74) is -2.41. The molecule has 0 aliphatic heterocycles. The molecule has 1 nitrogen and oxygen atoms in total. The molecule has 1 rings (SSSR count). The van der Waals surface area contributed by atoms with Gasteiger partial charge in [0.1, 0.15) is 5.57 Å². The molecular formula is C11H15F6N. The Morgan fingerprint density at radius 1 is 1.17 bits per heavy atom. The van der Waals surface area contributed by atoms with E-state index < -0.39 is 17.9 Å². The minimum absolute atomic E-state index is 0.0727. The second kappa shape index (κ2) is 5.50. The molecule has 0 aromatic heterocycles. The molecule has 1 aliphatic carbocycles. The van der Waals surface area contributed by atoms with E-state index in [1.54, 1.807) is 6.92 Å². The predicted octanol–water partition coefficient (Wildman–Crippen LogP) is 3.96. The van der Waals surface area contributed by atoms with Gasteiger partial charge in [0, 0.05) is 12.1 Å². The summed E-state index contributed by atoms with van der Waals surface area (Å²) < 4.78 is 72.9. The zero-order valence-corrected chi connectivity index (χ0v) is 9.83. The van der Waals surface area contributed by atoms with Crippen molar-refractivity contribution in [1.29, 1.82) is 0 Å². The van der Waals surface area contributed by atoms with Gasteiger partial charge < -0.3 is 5.32 Å². The highest BCUT2D eigenvalue weighted by atomic mass is 19.4. The van der Waals surface area contributed by atoms with Crippen molar-refractivity contribution in [2.75, 3.05) is 0 Å². The second-order valence-corrected chi connectivity index (χ2v) is 4.53. The molecule has 1 aliphatic rings. The summed E-state index contributed by atoms with van der Waals surface area (Å²) in [6.45, 7) is 1.76. The summed E-state index contributed by atoms with van der Waals surface area (Å²) in [5.74, 6) is 0. The Balaban J connectivity index is 2.49. The third-order valence-electron chi connectivity index (χ3n) is 2.66. The molecule has 1 atom stereocenters. The number of hydrogen-bond acceptors (Lipinski definition) is 1. The zero-order chi connectivity index (χ0) is 14.0. The van der Waals surface area contributed by atoms with Gasteiger partial charge in [-0.1, -0.05) is 6.08 Å². The lowest BCUT2D eigenvalue weighted by molar-refractivity contribution is -0.172. The van der Waals surface area contributed by atoms with Crippen LogP contribution >= 0.6 is 0 Å². The van der Waals surface area contributed by atoms with Crippen LogP contribution in [0.2, 0.25) is 0 Å². The minimum atomic E-state index is -5.34. The van der Waals surface area contributed by atoms with E-state index >= 15 is 0 Å². The maximum absolute atomic E-state index is 12.2. The molecular weight excluding hydrogens is 260 g/mol. The first-order valence-electron chi connectivity index (χ1n) is 5.71. The Hall–Kier alpha value is -0.720. The van der Waals surface area contributed by atoms with Crippen molar-refractivity contribution >= 4 is 0 Å². The third kappa shape index (κ3) is 5.29. The Kier molecular flexibility index (Phi) is 4.69. The zero-order valence-electron chi connectivity index (χ0n) is 9.83. The van der Waals surface area contributed by atoms with E-state index in [1.807, 2.05) is 0 Å². The number of nitrogens with one attached hydrogen (secondary N) is 1. The van der Waals surface area contributed by atoms with E-state index in [1.165, 1.54) is 0 Å².